The zero-order valence-electron chi connectivity index (χ0n) is 17.1. The molecule has 2 aromatic heterocycles. The van der Waals surface area contributed by atoms with E-state index in [1.165, 1.54) is 0 Å². The smallest absolute Gasteiger partial charge is 0.231 e. The van der Waals surface area contributed by atoms with Crippen LogP contribution in [-0.2, 0) is 12.8 Å². The van der Waals surface area contributed by atoms with Crippen molar-refractivity contribution in [2.45, 2.75) is 45.4 Å². The van der Waals surface area contributed by atoms with Crippen LogP contribution >= 0.6 is 11.6 Å². The second-order valence-electron chi connectivity index (χ2n) is 7.39. The fourth-order valence-corrected chi connectivity index (χ4v) is 4.12. The van der Waals surface area contributed by atoms with Crippen molar-refractivity contribution < 1.29 is 4.52 Å². The predicted octanol–water partition coefficient (Wildman–Crippen LogP) is 4.56. The first-order chi connectivity index (χ1) is 14.6. The van der Waals surface area contributed by atoms with Crippen LogP contribution in [0.5, 0.6) is 0 Å². The van der Waals surface area contributed by atoms with Crippen molar-refractivity contribution in [3.8, 4) is 17.5 Å². The minimum Gasteiger partial charge on any atom is -0.353 e. The third-order valence-electron chi connectivity index (χ3n) is 5.55. The van der Waals surface area contributed by atoms with Crippen molar-refractivity contribution in [2.24, 2.45) is 0 Å². The van der Waals surface area contributed by atoms with Crippen LogP contribution < -0.4 is 4.90 Å². The number of nitriles is 1. The lowest BCUT2D eigenvalue weighted by molar-refractivity contribution is 0.333. The van der Waals surface area contributed by atoms with E-state index in [2.05, 4.69) is 38.2 Å². The van der Waals surface area contributed by atoms with Gasteiger partial charge in [-0.05, 0) is 55.5 Å². The van der Waals surface area contributed by atoms with Gasteiger partial charge in [0.05, 0.1) is 11.6 Å². The molecule has 0 saturated carbocycles. The van der Waals surface area contributed by atoms with Gasteiger partial charge in [0.2, 0.25) is 11.7 Å². The number of aryl methyl sites for hydroxylation is 1. The number of piperidine rings is 1. The molecule has 154 valence electrons. The number of benzene rings is 1. The molecule has 1 fully saturated rings. The maximum Gasteiger partial charge on any atom is 0.231 e. The molecular formula is C22H23ClN6O. The summed E-state index contributed by atoms with van der Waals surface area (Å²) in [4.78, 5) is 6.75. The Hall–Kier alpha value is -2.98. The zero-order chi connectivity index (χ0) is 21.1. The molecule has 0 radical (unpaired) electrons. The van der Waals surface area contributed by atoms with Crippen molar-refractivity contribution in [1.29, 1.82) is 5.26 Å². The van der Waals surface area contributed by atoms with Crippen molar-refractivity contribution in [3.05, 3.63) is 52.0 Å². The second kappa shape index (κ2) is 8.80. The maximum absolute atomic E-state index is 9.82. The molecule has 30 heavy (non-hydrogen) atoms. The number of hydrogen-bond donors (Lipinski definition) is 0. The quantitative estimate of drug-likeness (QED) is 0.595. The number of aromatic nitrogens is 4. The van der Waals surface area contributed by atoms with E-state index in [0.717, 1.165) is 49.0 Å². The molecule has 1 saturated heterocycles. The minimum atomic E-state index is 0.0802. The Morgan fingerprint density at radius 1 is 1.20 bits per heavy atom. The summed E-state index contributed by atoms with van der Waals surface area (Å²) in [5.41, 5.74) is 3.39. The van der Waals surface area contributed by atoms with Gasteiger partial charge in [-0.15, -0.1) is 5.10 Å². The number of hydrogen-bond acceptors (Lipinski definition) is 7. The highest BCUT2D eigenvalue weighted by Gasteiger charge is 2.29. The van der Waals surface area contributed by atoms with Gasteiger partial charge in [-0.3, -0.25) is 0 Å². The van der Waals surface area contributed by atoms with Crippen LogP contribution in [0, 0.1) is 11.3 Å². The summed E-state index contributed by atoms with van der Waals surface area (Å²) in [7, 11) is 0. The summed E-state index contributed by atoms with van der Waals surface area (Å²) in [6, 6.07) is 9.73. The number of rotatable bonds is 5. The van der Waals surface area contributed by atoms with E-state index < -0.39 is 0 Å². The normalized spacial score (nSPS) is 16.5. The number of halogens is 1. The van der Waals surface area contributed by atoms with Crippen molar-refractivity contribution in [3.63, 3.8) is 0 Å². The Bertz CT molecular complexity index is 1070. The fraction of sp³-hybridized carbons (Fsp3) is 0.409. The average molecular weight is 423 g/mol. The standard InChI is InChI=1S/C22H23ClN6O/c1-3-17-18(12-24)21(27-26-19(17)4-2)29-11-5-6-15(13-29)22-25-20(28-30-22)14-7-9-16(23)10-8-14/h7-10,15H,3-6,11,13H2,1-2H3. The summed E-state index contributed by atoms with van der Waals surface area (Å²) < 4.78 is 5.59. The van der Waals surface area contributed by atoms with E-state index in [9.17, 15) is 5.26 Å². The Morgan fingerprint density at radius 2 is 2.00 bits per heavy atom. The highest BCUT2D eigenvalue weighted by Crippen LogP contribution is 2.32. The van der Waals surface area contributed by atoms with Crippen LogP contribution in [-0.4, -0.2) is 33.4 Å². The van der Waals surface area contributed by atoms with Gasteiger partial charge in [0.15, 0.2) is 5.82 Å². The molecule has 7 nitrogen and oxygen atoms in total. The summed E-state index contributed by atoms with van der Waals surface area (Å²) in [5, 5.41) is 23.4. The van der Waals surface area contributed by atoms with Crippen LogP contribution in [0.2, 0.25) is 5.02 Å². The van der Waals surface area contributed by atoms with E-state index in [4.69, 9.17) is 16.1 Å². The maximum atomic E-state index is 9.82. The van der Waals surface area contributed by atoms with Gasteiger partial charge in [-0.25, -0.2) is 0 Å². The highest BCUT2D eigenvalue weighted by molar-refractivity contribution is 6.30. The summed E-state index contributed by atoms with van der Waals surface area (Å²) in [6.07, 6.45) is 3.43. The van der Waals surface area contributed by atoms with E-state index >= 15 is 0 Å². The van der Waals surface area contributed by atoms with E-state index in [0.29, 0.717) is 34.7 Å². The largest absolute Gasteiger partial charge is 0.353 e. The van der Waals surface area contributed by atoms with Gasteiger partial charge in [0.25, 0.3) is 0 Å². The Kier molecular flexibility index (Phi) is 5.96. The molecule has 0 N–H and O–H groups in total. The molecule has 1 unspecified atom stereocenters. The zero-order valence-corrected chi connectivity index (χ0v) is 17.9. The van der Waals surface area contributed by atoms with Crippen LogP contribution in [0.25, 0.3) is 11.4 Å². The van der Waals surface area contributed by atoms with E-state index in [-0.39, 0.29) is 5.92 Å². The molecule has 8 heteroatoms. The lowest BCUT2D eigenvalue weighted by atomic mass is 9.96. The third kappa shape index (κ3) is 3.88. The molecule has 0 spiro atoms. The molecule has 1 aliphatic heterocycles. The molecule has 1 aliphatic rings. The first-order valence-corrected chi connectivity index (χ1v) is 10.6. The second-order valence-corrected chi connectivity index (χ2v) is 7.83. The molecule has 3 heterocycles. The van der Waals surface area contributed by atoms with Crippen LogP contribution in [0.3, 0.4) is 0 Å². The van der Waals surface area contributed by atoms with Crippen molar-refractivity contribution in [1.82, 2.24) is 20.3 Å². The topological polar surface area (TPSA) is 91.7 Å². The van der Waals surface area contributed by atoms with Crippen LogP contribution in [0.4, 0.5) is 5.82 Å². The minimum absolute atomic E-state index is 0.0802. The predicted molar refractivity (Wildman–Crippen MR) is 114 cm³/mol. The summed E-state index contributed by atoms with van der Waals surface area (Å²) >= 11 is 5.96. The SMILES string of the molecule is CCc1nnc(N2CCCC(c3nc(-c4ccc(Cl)cc4)no3)C2)c(C#N)c1CC. The van der Waals surface area contributed by atoms with Crippen molar-refractivity contribution >= 4 is 17.4 Å². The van der Waals surface area contributed by atoms with Crippen LogP contribution in [0.1, 0.15) is 55.3 Å². The van der Waals surface area contributed by atoms with Gasteiger partial charge in [0.1, 0.15) is 11.6 Å². The Labute approximate surface area is 180 Å². The molecule has 0 aliphatic carbocycles. The number of nitrogens with zero attached hydrogens (tertiary/aromatic N) is 6. The fourth-order valence-electron chi connectivity index (χ4n) is 3.99. The first-order valence-electron chi connectivity index (χ1n) is 10.3. The average Bonchev–Trinajstić information content (AvgIpc) is 3.28. The third-order valence-corrected chi connectivity index (χ3v) is 5.81. The molecule has 0 bridgehead atoms. The van der Waals surface area contributed by atoms with Gasteiger partial charge >= 0.3 is 0 Å². The van der Waals surface area contributed by atoms with Gasteiger partial charge < -0.3 is 9.42 Å². The Balaban J connectivity index is 1.59. The molecule has 0 amide bonds. The lowest BCUT2D eigenvalue weighted by Gasteiger charge is -2.32. The monoisotopic (exact) mass is 422 g/mol. The molecule has 1 atom stereocenters. The van der Waals surface area contributed by atoms with Crippen LogP contribution in [0.15, 0.2) is 28.8 Å². The van der Waals surface area contributed by atoms with E-state index in [1.807, 2.05) is 31.2 Å². The molecule has 1 aromatic carbocycles. The Morgan fingerprint density at radius 3 is 2.70 bits per heavy atom. The summed E-state index contributed by atoms with van der Waals surface area (Å²) in [5.74, 6) is 1.90. The van der Waals surface area contributed by atoms with Gasteiger partial charge in [-0.2, -0.15) is 15.3 Å². The lowest BCUT2D eigenvalue weighted by Crippen LogP contribution is -2.36. The number of anilines is 1. The van der Waals surface area contributed by atoms with E-state index in [1.54, 1.807) is 0 Å². The molecule has 4 rings (SSSR count). The van der Waals surface area contributed by atoms with Crippen molar-refractivity contribution in [2.75, 3.05) is 18.0 Å². The van der Waals surface area contributed by atoms with Gasteiger partial charge in [0, 0.05) is 23.7 Å². The van der Waals surface area contributed by atoms with Gasteiger partial charge in [-0.1, -0.05) is 30.6 Å². The molecular weight excluding hydrogens is 400 g/mol. The first kappa shape index (κ1) is 20.3. The highest BCUT2D eigenvalue weighted by atomic mass is 35.5. The molecule has 3 aromatic rings. The summed E-state index contributed by atoms with van der Waals surface area (Å²) in [6.45, 7) is 5.58.